The second-order valence-electron chi connectivity index (χ2n) is 27.4. The number of ether oxygens (including phenoxy) is 3. The fourth-order valence-corrected chi connectivity index (χ4v) is 13.0. The van der Waals surface area contributed by atoms with Crippen LogP contribution in [0.2, 0.25) is 0 Å². The molecule has 10 atom stereocenters. The van der Waals surface area contributed by atoms with Gasteiger partial charge in [0.2, 0.25) is 52.7 Å². The summed E-state index contributed by atoms with van der Waals surface area (Å²) in [6.45, 7) is 18.6. The van der Waals surface area contributed by atoms with Crippen molar-refractivity contribution in [3.8, 4) is 17.2 Å². The number of nitrogens with two attached hydrogens (primary N) is 1. The molecule has 0 unspecified atom stereocenters. The van der Waals surface area contributed by atoms with Gasteiger partial charge in [-0.2, -0.15) is 0 Å². The minimum Gasteiger partial charge on any atom is -0.493 e. The fourth-order valence-electron chi connectivity index (χ4n) is 13.0. The molecule has 29 heteroatoms. The van der Waals surface area contributed by atoms with Gasteiger partial charge in [0.05, 0.1) is 36.5 Å². The molecule has 7 aliphatic rings. The van der Waals surface area contributed by atoms with Crippen LogP contribution in [0.4, 0.5) is 5.69 Å². The van der Waals surface area contributed by atoms with Gasteiger partial charge in [-0.1, -0.05) is 55.4 Å². The molecule has 1 aromatic rings. The topological polar surface area (TPSA) is 369 Å². The fraction of sp³-hybridized carbons (Fsp3) is 0.636. The summed E-state index contributed by atoms with van der Waals surface area (Å²) in [7, 11) is 5.59. The van der Waals surface area contributed by atoms with Gasteiger partial charge in [-0.3, -0.25) is 52.7 Å². The molecule has 5 heterocycles. The van der Waals surface area contributed by atoms with E-state index in [9.17, 15) is 43.2 Å². The summed E-state index contributed by atoms with van der Waals surface area (Å²) in [5.41, 5.74) is 3.34. The highest BCUT2D eigenvalue weighted by Gasteiger charge is 2.47. The first-order valence-electron chi connectivity index (χ1n) is 32.7. The van der Waals surface area contributed by atoms with Gasteiger partial charge in [-0.25, -0.2) is 14.6 Å². The number of aromatic nitrogens is 1. The Labute approximate surface area is 551 Å². The number of amides is 10. The molecular weight excluding hydrogens is 1230 g/mol. The van der Waals surface area contributed by atoms with Crippen molar-refractivity contribution in [1.82, 2.24) is 55.7 Å². The molecule has 518 valence electrons. The Morgan fingerprint density at radius 1 is 0.632 bits per heavy atom. The lowest BCUT2D eigenvalue weighted by Crippen LogP contribution is -2.61. The molecule has 8 rings (SSSR count). The first-order chi connectivity index (χ1) is 44.6. The molecular formula is C66H92N12O17. The number of nitrogen functional groups attached to an aromatic ring is 1. The highest BCUT2D eigenvalue weighted by atomic mass is 16.6. The van der Waals surface area contributed by atoms with Crippen molar-refractivity contribution in [3.63, 3.8) is 0 Å². The van der Waals surface area contributed by atoms with Gasteiger partial charge in [-0.05, 0) is 102 Å². The number of aryl methyl sites for hydroxylation is 1. The Hall–Kier alpha value is -8.92. The monoisotopic (exact) mass is 1320 g/mol. The number of hydrogen-bond acceptors (Lipinski definition) is 19. The maximum atomic E-state index is 15.5. The number of cyclic esters (lactones) is 2. The summed E-state index contributed by atoms with van der Waals surface area (Å²) >= 11 is 0. The van der Waals surface area contributed by atoms with Crippen molar-refractivity contribution >= 4 is 87.8 Å². The molecule has 0 spiro atoms. The van der Waals surface area contributed by atoms with Crippen LogP contribution in [0.3, 0.4) is 0 Å². The molecule has 5 aliphatic heterocycles. The molecule has 10 amide bonds. The van der Waals surface area contributed by atoms with Gasteiger partial charge in [0.25, 0.3) is 11.8 Å². The molecule has 95 heavy (non-hydrogen) atoms. The highest BCUT2D eigenvalue weighted by molar-refractivity contribution is 6.11. The summed E-state index contributed by atoms with van der Waals surface area (Å²) < 4.78 is 24.9. The van der Waals surface area contributed by atoms with Crippen molar-refractivity contribution < 1.29 is 76.2 Å². The number of likely N-dealkylation sites (N-methyl/N-ethyl adjacent to an activating group) is 4. The van der Waals surface area contributed by atoms with E-state index in [4.69, 9.17) is 29.3 Å². The van der Waals surface area contributed by atoms with E-state index in [1.165, 1.54) is 74.6 Å². The van der Waals surface area contributed by atoms with Crippen LogP contribution in [-0.4, -0.2) is 227 Å². The van der Waals surface area contributed by atoms with Crippen molar-refractivity contribution in [3.05, 3.63) is 38.5 Å². The summed E-state index contributed by atoms with van der Waals surface area (Å²) in [6, 6.07) is -9.52. The van der Waals surface area contributed by atoms with E-state index in [0.717, 1.165) is 22.6 Å². The van der Waals surface area contributed by atoms with Crippen molar-refractivity contribution in [1.29, 1.82) is 0 Å². The van der Waals surface area contributed by atoms with Gasteiger partial charge < -0.3 is 75.0 Å². The number of hydrogen-bond donors (Lipinski definition) is 5. The van der Waals surface area contributed by atoms with Gasteiger partial charge in [0.15, 0.2) is 11.3 Å². The number of anilines is 1. The van der Waals surface area contributed by atoms with Crippen LogP contribution in [-0.2, 0) is 57.4 Å². The van der Waals surface area contributed by atoms with Crippen LogP contribution in [0.1, 0.15) is 140 Å². The summed E-state index contributed by atoms with van der Waals surface area (Å²) in [5, 5.41) is 10.8. The van der Waals surface area contributed by atoms with E-state index in [1.807, 2.05) is 0 Å². The Balaban J connectivity index is 1.25. The molecule has 4 saturated heterocycles. The Morgan fingerprint density at radius 3 is 1.49 bits per heavy atom. The molecule has 6 N–H and O–H groups in total. The quantitative estimate of drug-likeness (QED) is 0.103. The van der Waals surface area contributed by atoms with Crippen LogP contribution in [0.25, 0.3) is 22.6 Å². The van der Waals surface area contributed by atoms with E-state index >= 15 is 19.2 Å². The molecule has 5 fully saturated rings. The van der Waals surface area contributed by atoms with Crippen molar-refractivity contribution in [2.24, 2.45) is 29.6 Å². The normalized spacial score (nSPS) is 26.2. The Kier molecular flexibility index (Phi) is 21.9. The third kappa shape index (κ3) is 14.8. The lowest BCUT2D eigenvalue weighted by Gasteiger charge is -2.36. The van der Waals surface area contributed by atoms with Crippen molar-refractivity contribution in [2.45, 2.75) is 182 Å². The average molecular weight is 1330 g/mol. The van der Waals surface area contributed by atoms with E-state index in [1.54, 1.807) is 62.3 Å². The highest BCUT2D eigenvalue weighted by Crippen LogP contribution is 2.39. The number of nitrogens with zero attached hydrogens (tertiary/aromatic N) is 7. The van der Waals surface area contributed by atoms with Crippen LogP contribution >= 0.6 is 0 Å². The largest absolute Gasteiger partial charge is 0.493 e. The zero-order valence-corrected chi connectivity index (χ0v) is 57.2. The van der Waals surface area contributed by atoms with E-state index in [-0.39, 0.29) is 77.8 Å². The lowest BCUT2D eigenvalue weighted by atomic mass is 9.98. The average Bonchev–Trinajstić information content (AvgIpc) is 1.46. The Morgan fingerprint density at radius 2 is 1.07 bits per heavy atom. The second-order valence-corrected chi connectivity index (χ2v) is 27.4. The number of carbonyl (C=O) groups excluding carboxylic acids is 12. The number of rotatable bonds is 11. The zero-order valence-electron chi connectivity index (χ0n) is 57.2. The van der Waals surface area contributed by atoms with E-state index in [2.05, 4.69) is 21.3 Å². The molecule has 1 aromatic carbocycles. The predicted molar refractivity (Wildman–Crippen MR) is 344 cm³/mol. The van der Waals surface area contributed by atoms with Gasteiger partial charge in [0.1, 0.15) is 77.5 Å². The first kappa shape index (κ1) is 71.9. The number of esters is 2. The third-order valence-corrected chi connectivity index (χ3v) is 18.8. The first-order valence-corrected chi connectivity index (χ1v) is 32.7. The molecule has 0 bridgehead atoms. The summed E-state index contributed by atoms with van der Waals surface area (Å²) in [6.07, 6.45) is 0.0108. The maximum absolute atomic E-state index is 15.5. The molecule has 1 saturated carbocycles. The summed E-state index contributed by atoms with van der Waals surface area (Å²) in [4.78, 5) is 201. The Bertz CT molecular complexity index is 3600. The molecule has 0 aromatic heterocycles. The number of fused-ring (bicyclic) bond motifs is 4. The molecule has 29 nitrogen and oxygen atoms in total. The molecule has 2 aliphatic carbocycles. The van der Waals surface area contributed by atoms with Crippen molar-refractivity contribution in [2.75, 3.05) is 66.7 Å². The number of carbonyl (C=O) groups is 12. The van der Waals surface area contributed by atoms with E-state index < -0.39 is 191 Å². The minimum atomic E-state index is -1.90. The molecule has 0 radical (unpaired) electrons. The number of benzene rings is 2. The SMILES string of the molecule is Cc1c2oc3c(C)c(OCC4CC4)cc(C(=O)N[C@@H]4C(=O)N[C@H](C(C)C)C(=O)N5CCC[C@H]5C(=O)N(C)CC(=O)N(C)[C@@H](C(C)C)C(=O)O[C@@H]4C)c3nc-2c(C(=O)N[C@@H]2C(=O)N[C@H](C(C)C)C(=O)N3CCC[C@H]3C(=O)N(C)CC(=O)N(C)[C@@H](C(C)C)C(=O)O[C@@H]2C)c(N)c1=O. The van der Waals surface area contributed by atoms with Crippen LogP contribution in [0.5, 0.6) is 5.75 Å². The van der Waals surface area contributed by atoms with Crippen LogP contribution in [0.15, 0.2) is 15.3 Å². The summed E-state index contributed by atoms with van der Waals surface area (Å²) in [5.74, 6) is -12.2. The van der Waals surface area contributed by atoms with Gasteiger partial charge in [-0.15, -0.1) is 0 Å². The second kappa shape index (κ2) is 29.0. The zero-order chi connectivity index (χ0) is 70.3. The minimum absolute atomic E-state index is 0.121. The third-order valence-electron chi connectivity index (χ3n) is 18.8. The standard InChI is InChI=1S/C66H92N12O17/c1-29(2)46-63(88)77-23-17-19-39(77)61(86)73(13)26-42(79)75(15)52(31(5)6)65(90)93-35(11)48(59(84)69-46)71-57(82)38-25-41(92-28-37-21-22-37)33(9)55-50(38)68-51-44(45(67)54(81)34(10)56(51)95-55)58(83)72-49-36(12)94-66(91)53(32(7)8)76(16)43(80)27-74(14)62(87)40-20-18-24-78(40)64(89)47(30(3)4)70-60(49)85/h25,29-32,35-37,39-40,46-49,52-53H,17-24,26-28,67H2,1-16H3,(H,69,84)(H,70,85)(H,71,82)(H,72,83)/t35-,36-,39+,40+,46-,47-,48+,49+,52+,53+/m1/s1. The smallest absolute Gasteiger partial charge is 0.329 e. The van der Waals surface area contributed by atoms with Gasteiger partial charge >= 0.3 is 11.9 Å². The lowest BCUT2D eigenvalue weighted by molar-refractivity contribution is -0.163. The van der Waals surface area contributed by atoms with Gasteiger partial charge in [0, 0.05) is 52.4 Å². The van der Waals surface area contributed by atoms with Crippen LogP contribution in [0, 0.1) is 43.4 Å². The number of nitrogens with one attached hydrogen (secondary N) is 4. The van der Waals surface area contributed by atoms with Crippen LogP contribution < -0.4 is 37.2 Å². The maximum Gasteiger partial charge on any atom is 0.329 e. The predicted octanol–water partition coefficient (Wildman–Crippen LogP) is 1.51. The van der Waals surface area contributed by atoms with E-state index in [0.29, 0.717) is 12.8 Å².